The third kappa shape index (κ3) is 1.77. The zero-order chi connectivity index (χ0) is 12.7. The lowest BCUT2D eigenvalue weighted by molar-refractivity contribution is 0.418. The van der Waals surface area contributed by atoms with Crippen molar-refractivity contribution in [2.24, 2.45) is 0 Å². The highest BCUT2D eigenvalue weighted by Crippen LogP contribution is 2.20. The summed E-state index contributed by atoms with van der Waals surface area (Å²) in [5.41, 5.74) is 2.76. The Kier molecular flexibility index (Phi) is 2.40. The quantitative estimate of drug-likeness (QED) is 0.693. The van der Waals surface area contributed by atoms with Gasteiger partial charge in [-0.2, -0.15) is 4.98 Å². The molecule has 0 aliphatic carbocycles. The maximum atomic E-state index is 5.23. The predicted octanol–water partition coefficient (Wildman–Crippen LogP) is 2.82. The molecule has 0 fully saturated rings. The van der Waals surface area contributed by atoms with Gasteiger partial charge in [0, 0.05) is 18.3 Å². The fraction of sp³-hybridized carbons (Fsp3) is 0.308. The summed E-state index contributed by atoms with van der Waals surface area (Å²) in [6.07, 6.45) is 3.92. The molecule has 0 N–H and O–H groups in total. The molecule has 18 heavy (non-hydrogen) atoms. The molecule has 5 nitrogen and oxygen atoms in total. The van der Waals surface area contributed by atoms with E-state index in [0.717, 1.165) is 5.65 Å². The van der Waals surface area contributed by atoms with E-state index < -0.39 is 0 Å². The highest BCUT2D eigenvalue weighted by Gasteiger charge is 2.14. The fourth-order valence-corrected chi connectivity index (χ4v) is 1.78. The first-order chi connectivity index (χ1) is 8.63. The summed E-state index contributed by atoms with van der Waals surface area (Å²) in [6, 6.07) is 4.00. The molecular formula is C13H14N4O. The number of rotatable bonds is 2. The number of hydrogen-bond donors (Lipinski definition) is 0. The van der Waals surface area contributed by atoms with Crippen LogP contribution in [-0.4, -0.2) is 19.5 Å². The van der Waals surface area contributed by atoms with Crippen LogP contribution in [0.5, 0.6) is 0 Å². The van der Waals surface area contributed by atoms with Crippen LogP contribution in [0.1, 0.15) is 31.2 Å². The first-order valence-corrected chi connectivity index (χ1v) is 5.93. The Bertz CT molecular complexity index is 696. The Morgan fingerprint density at radius 1 is 1.17 bits per heavy atom. The van der Waals surface area contributed by atoms with Crippen molar-refractivity contribution < 1.29 is 4.52 Å². The molecule has 3 heterocycles. The van der Waals surface area contributed by atoms with Gasteiger partial charge in [-0.1, -0.05) is 25.1 Å². The number of fused-ring (bicyclic) bond motifs is 1. The molecule has 3 aromatic heterocycles. The second-order valence-corrected chi connectivity index (χ2v) is 4.71. The van der Waals surface area contributed by atoms with Gasteiger partial charge in [0.1, 0.15) is 11.3 Å². The second kappa shape index (κ2) is 3.94. The number of nitrogens with zero attached hydrogens (tertiary/aromatic N) is 4. The molecule has 0 spiro atoms. The van der Waals surface area contributed by atoms with Gasteiger partial charge in [-0.25, -0.2) is 4.98 Å². The van der Waals surface area contributed by atoms with E-state index in [4.69, 9.17) is 4.52 Å². The van der Waals surface area contributed by atoms with E-state index in [1.165, 1.54) is 5.56 Å². The Hall–Kier alpha value is -2.17. The van der Waals surface area contributed by atoms with Crippen LogP contribution in [0.4, 0.5) is 0 Å². The summed E-state index contributed by atoms with van der Waals surface area (Å²) in [7, 11) is 0. The monoisotopic (exact) mass is 242 g/mol. The van der Waals surface area contributed by atoms with Crippen molar-refractivity contribution in [1.82, 2.24) is 19.5 Å². The molecule has 3 aromatic rings. The Morgan fingerprint density at radius 3 is 2.72 bits per heavy atom. The minimum absolute atomic E-state index is 0.252. The molecule has 0 aliphatic rings. The van der Waals surface area contributed by atoms with Crippen molar-refractivity contribution in [3.05, 3.63) is 35.9 Å². The Labute approximate surface area is 104 Å². The number of aryl methyl sites for hydroxylation is 1. The van der Waals surface area contributed by atoms with Gasteiger partial charge in [-0.3, -0.25) is 0 Å². The standard InChI is InChI=1S/C13H14N4O/c1-8(2)12-15-13(18-16-12)10-7-17-6-9(3)4-5-11(17)14-10/h4-8H,1-3H3. The van der Waals surface area contributed by atoms with Crippen LogP contribution in [0.15, 0.2) is 29.0 Å². The summed E-state index contributed by atoms with van der Waals surface area (Å²) in [6.45, 7) is 6.10. The van der Waals surface area contributed by atoms with Crippen LogP contribution in [0.25, 0.3) is 17.2 Å². The first kappa shape index (κ1) is 11.0. The number of pyridine rings is 1. The van der Waals surface area contributed by atoms with Gasteiger partial charge in [-0.15, -0.1) is 0 Å². The average Bonchev–Trinajstić information content (AvgIpc) is 2.93. The molecular weight excluding hydrogens is 228 g/mol. The molecule has 0 saturated heterocycles. The van der Waals surface area contributed by atoms with Crippen molar-refractivity contribution in [3.8, 4) is 11.6 Å². The SMILES string of the molecule is Cc1ccc2nc(-c3nc(C(C)C)no3)cn2c1. The molecule has 0 aromatic carbocycles. The minimum Gasteiger partial charge on any atom is -0.332 e. The molecule has 0 atom stereocenters. The number of imidazole rings is 1. The van der Waals surface area contributed by atoms with Gasteiger partial charge in [0.15, 0.2) is 5.82 Å². The highest BCUT2D eigenvalue weighted by molar-refractivity contribution is 5.54. The predicted molar refractivity (Wildman–Crippen MR) is 67.3 cm³/mol. The van der Waals surface area contributed by atoms with Crippen molar-refractivity contribution in [3.63, 3.8) is 0 Å². The molecule has 92 valence electrons. The van der Waals surface area contributed by atoms with Gasteiger partial charge in [-0.05, 0) is 18.6 Å². The molecule has 0 radical (unpaired) electrons. The Morgan fingerprint density at radius 2 is 2.00 bits per heavy atom. The molecule has 0 unspecified atom stereocenters. The average molecular weight is 242 g/mol. The number of aromatic nitrogens is 4. The third-order valence-electron chi connectivity index (χ3n) is 2.78. The summed E-state index contributed by atoms with van der Waals surface area (Å²) in [4.78, 5) is 8.81. The van der Waals surface area contributed by atoms with E-state index in [0.29, 0.717) is 17.4 Å². The minimum atomic E-state index is 0.252. The second-order valence-electron chi connectivity index (χ2n) is 4.71. The zero-order valence-electron chi connectivity index (χ0n) is 10.6. The summed E-state index contributed by atoms with van der Waals surface area (Å²) >= 11 is 0. The molecule has 0 saturated carbocycles. The largest absolute Gasteiger partial charge is 0.332 e. The molecule has 3 rings (SSSR count). The smallest absolute Gasteiger partial charge is 0.278 e. The maximum absolute atomic E-state index is 5.23. The van der Waals surface area contributed by atoms with Gasteiger partial charge in [0.25, 0.3) is 5.89 Å². The lowest BCUT2D eigenvalue weighted by atomic mass is 10.2. The van der Waals surface area contributed by atoms with Crippen molar-refractivity contribution >= 4 is 5.65 Å². The van der Waals surface area contributed by atoms with E-state index in [-0.39, 0.29) is 5.92 Å². The highest BCUT2D eigenvalue weighted by atomic mass is 16.5. The molecule has 0 amide bonds. The van der Waals surface area contributed by atoms with Gasteiger partial charge in [0.2, 0.25) is 0 Å². The van der Waals surface area contributed by atoms with E-state index in [9.17, 15) is 0 Å². The maximum Gasteiger partial charge on any atom is 0.278 e. The molecule has 0 aliphatic heterocycles. The topological polar surface area (TPSA) is 56.2 Å². The molecule has 5 heteroatoms. The van der Waals surface area contributed by atoms with Crippen LogP contribution in [-0.2, 0) is 0 Å². The Balaban J connectivity index is 2.07. The summed E-state index contributed by atoms with van der Waals surface area (Å²) in [5.74, 6) is 1.43. The van der Waals surface area contributed by atoms with E-state index in [1.54, 1.807) is 0 Å². The normalized spacial score (nSPS) is 11.6. The van der Waals surface area contributed by atoms with E-state index >= 15 is 0 Å². The van der Waals surface area contributed by atoms with Crippen LogP contribution in [0.2, 0.25) is 0 Å². The van der Waals surface area contributed by atoms with E-state index in [1.807, 2.05) is 49.7 Å². The van der Waals surface area contributed by atoms with Crippen molar-refractivity contribution in [1.29, 1.82) is 0 Å². The third-order valence-corrected chi connectivity index (χ3v) is 2.78. The van der Waals surface area contributed by atoms with Crippen molar-refractivity contribution in [2.75, 3.05) is 0 Å². The van der Waals surface area contributed by atoms with Gasteiger partial charge in [0.05, 0.1) is 0 Å². The lowest BCUT2D eigenvalue weighted by Gasteiger charge is -1.92. The zero-order valence-corrected chi connectivity index (χ0v) is 10.6. The van der Waals surface area contributed by atoms with E-state index in [2.05, 4.69) is 15.1 Å². The molecule has 0 bridgehead atoms. The summed E-state index contributed by atoms with van der Waals surface area (Å²) in [5, 5.41) is 3.94. The summed E-state index contributed by atoms with van der Waals surface area (Å²) < 4.78 is 7.20. The van der Waals surface area contributed by atoms with Crippen LogP contribution in [0.3, 0.4) is 0 Å². The lowest BCUT2D eigenvalue weighted by Crippen LogP contribution is -1.89. The van der Waals surface area contributed by atoms with Crippen molar-refractivity contribution in [2.45, 2.75) is 26.7 Å². The van der Waals surface area contributed by atoms with Crippen LogP contribution >= 0.6 is 0 Å². The first-order valence-electron chi connectivity index (χ1n) is 5.93. The van der Waals surface area contributed by atoms with Crippen LogP contribution < -0.4 is 0 Å². The number of hydrogen-bond acceptors (Lipinski definition) is 4. The van der Waals surface area contributed by atoms with Gasteiger partial charge < -0.3 is 8.92 Å². The van der Waals surface area contributed by atoms with Crippen LogP contribution in [0, 0.1) is 6.92 Å². The van der Waals surface area contributed by atoms with Gasteiger partial charge >= 0.3 is 0 Å². The fourth-order valence-electron chi connectivity index (χ4n) is 1.78.